The summed E-state index contributed by atoms with van der Waals surface area (Å²) < 4.78 is 6.29. The molecule has 1 unspecified atom stereocenters. The van der Waals surface area contributed by atoms with E-state index in [0.717, 1.165) is 29.2 Å². The first-order valence-electron chi connectivity index (χ1n) is 5.33. The topological polar surface area (TPSA) is 48.1 Å². The van der Waals surface area contributed by atoms with Gasteiger partial charge in [0, 0.05) is 25.8 Å². The summed E-state index contributed by atoms with van der Waals surface area (Å²) in [6, 6.07) is 5.85. The number of hydrogen-bond donors (Lipinski definition) is 1. The maximum absolute atomic E-state index is 5.74. The summed E-state index contributed by atoms with van der Waals surface area (Å²) in [4.78, 5) is 4.58. The first-order chi connectivity index (χ1) is 7.69. The first kappa shape index (κ1) is 11.4. The quantitative estimate of drug-likeness (QED) is 0.830. The van der Waals surface area contributed by atoms with Crippen LogP contribution in [0.1, 0.15) is 11.9 Å². The number of fused-ring (bicyclic) bond motifs is 1. The normalized spacial score (nSPS) is 13.1. The number of ether oxygens (including phenoxy) is 1. The maximum Gasteiger partial charge on any atom is 0.0942 e. The molecule has 2 aromatic rings. The van der Waals surface area contributed by atoms with Gasteiger partial charge < -0.3 is 10.5 Å². The molecular formula is C12H16N2OS. The number of thiazole rings is 1. The van der Waals surface area contributed by atoms with Crippen molar-refractivity contribution in [1.82, 2.24) is 4.98 Å². The number of nitrogens with zero attached hydrogens (tertiary/aromatic N) is 1. The summed E-state index contributed by atoms with van der Waals surface area (Å²) in [5, 5.41) is 1.16. The van der Waals surface area contributed by atoms with E-state index in [9.17, 15) is 0 Å². The SMILES string of the molecule is COCC(C)Cc1nc2ccc(N)cc2s1. The van der Waals surface area contributed by atoms with Crippen LogP contribution in [0.15, 0.2) is 18.2 Å². The van der Waals surface area contributed by atoms with Gasteiger partial charge in [-0.2, -0.15) is 0 Å². The lowest BCUT2D eigenvalue weighted by Crippen LogP contribution is -2.06. The molecule has 0 aliphatic rings. The number of aromatic nitrogens is 1. The van der Waals surface area contributed by atoms with Crippen LogP contribution in [0.3, 0.4) is 0 Å². The van der Waals surface area contributed by atoms with Gasteiger partial charge in [-0.25, -0.2) is 4.98 Å². The number of hydrogen-bond acceptors (Lipinski definition) is 4. The van der Waals surface area contributed by atoms with E-state index < -0.39 is 0 Å². The molecule has 0 spiro atoms. The maximum atomic E-state index is 5.74. The lowest BCUT2D eigenvalue weighted by atomic mass is 10.1. The third-order valence-electron chi connectivity index (χ3n) is 2.43. The van der Waals surface area contributed by atoms with E-state index in [1.807, 2.05) is 18.2 Å². The Hall–Kier alpha value is -1.13. The van der Waals surface area contributed by atoms with E-state index in [2.05, 4.69) is 11.9 Å². The molecule has 1 aromatic carbocycles. The van der Waals surface area contributed by atoms with Crippen LogP contribution >= 0.6 is 11.3 Å². The standard InChI is InChI=1S/C12H16N2OS/c1-8(7-15-2)5-12-14-10-4-3-9(13)6-11(10)16-12/h3-4,6,8H,5,7,13H2,1-2H3. The fourth-order valence-corrected chi connectivity index (χ4v) is 2.90. The van der Waals surface area contributed by atoms with Crippen molar-refractivity contribution < 1.29 is 4.74 Å². The Bertz CT molecular complexity index is 481. The number of nitrogens with two attached hydrogens (primary N) is 1. The predicted octanol–water partition coefficient (Wildman–Crippen LogP) is 2.70. The monoisotopic (exact) mass is 236 g/mol. The van der Waals surface area contributed by atoms with Crippen LogP contribution in [0.2, 0.25) is 0 Å². The molecule has 0 aliphatic heterocycles. The van der Waals surface area contributed by atoms with Gasteiger partial charge in [0.05, 0.1) is 15.2 Å². The molecule has 0 saturated carbocycles. The van der Waals surface area contributed by atoms with Crippen molar-refractivity contribution >= 4 is 27.2 Å². The minimum atomic E-state index is 0.503. The molecule has 16 heavy (non-hydrogen) atoms. The van der Waals surface area contributed by atoms with Crippen molar-refractivity contribution in [1.29, 1.82) is 0 Å². The van der Waals surface area contributed by atoms with Gasteiger partial charge in [-0.15, -0.1) is 11.3 Å². The summed E-state index contributed by atoms with van der Waals surface area (Å²) in [7, 11) is 1.73. The van der Waals surface area contributed by atoms with Crippen LogP contribution in [-0.4, -0.2) is 18.7 Å². The zero-order valence-electron chi connectivity index (χ0n) is 9.56. The van der Waals surface area contributed by atoms with Crippen LogP contribution < -0.4 is 5.73 Å². The van der Waals surface area contributed by atoms with Gasteiger partial charge in [-0.1, -0.05) is 6.92 Å². The van der Waals surface area contributed by atoms with Crippen molar-refractivity contribution in [3.63, 3.8) is 0 Å². The number of benzene rings is 1. The molecule has 0 aliphatic carbocycles. The van der Waals surface area contributed by atoms with Crippen LogP contribution in [-0.2, 0) is 11.2 Å². The largest absolute Gasteiger partial charge is 0.399 e. The number of nitrogen functional groups attached to an aromatic ring is 1. The smallest absolute Gasteiger partial charge is 0.0942 e. The van der Waals surface area contributed by atoms with Gasteiger partial charge in [0.2, 0.25) is 0 Å². The fraction of sp³-hybridized carbons (Fsp3) is 0.417. The van der Waals surface area contributed by atoms with E-state index in [0.29, 0.717) is 5.92 Å². The van der Waals surface area contributed by atoms with Crippen molar-refractivity contribution in [3.8, 4) is 0 Å². The second-order valence-electron chi connectivity index (χ2n) is 4.10. The lowest BCUT2D eigenvalue weighted by Gasteiger charge is -2.06. The Morgan fingerprint density at radius 2 is 2.31 bits per heavy atom. The van der Waals surface area contributed by atoms with E-state index in [1.165, 1.54) is 4.70 Å². The molecule has 2 N–H and O–H groups in total. The molecule has 1 heterocycles. The van der Waals surface area contributed by atoms with E-state index in [4.69, 9.17) is 10.5 Å². The minimum Gasteiger partial charge on any atom is -0.399 e. The highest BCUT2D eigenvalue weighted by Crippen LogP contribution is 2.25. The van der Waals surface area contributed by atoms with E-state index in [1.54, 1.807) is 18.4 Å². The summed E-state index contributed by atoms with van der Waals surface area (Å²) in [6.45, 7) is 2.95. The highest BCUT2D eigenvalue weighted by molar-refractivity contribution is 7.18. The molecule has 0 fully saturated rings. The van der Waals surface area contributed by atoms with Gasteiger partial charge in [0.1, 0.15) is 0 Å². The summed E-state index contributed by atoms with van der Waals surface area (Å²) >= 11 is 1.72. The highest BCUT2D eigenvalue weighted by Gasteiger charge is 2.08. The van der Waals surface area contributed by atoms with Crippen molar-refractivity contribution in [2.24, 2.45) is 5.92 Å². The van der Waals surface area contributed by atoms with Crippen LogP contribution in [0.5, 0.6) is 0 Å². The Balaban J connectivity index is 2.19. The second-order valence-corrected chi connectivity index (χ2v) is 5.21. The molecule has 4 heteroatoms. The van der Waals surface area contributed by atoms with E-state index in [-0.39, 0.29) is 0 Å². The van der Waals surface area contributed by atoms with Gasteiger partial charge >= 0.3 is 0 Å². The van der Waals surface area contributed by atoms with Crippen molar-refractivity contribution in [3.05, 3.63) is 23.2 Å². The molecule has 1 atom stereocenters. The van der Waals surface area contributed by atoms with Crippen molar-refractivity contribution in [2.75, 3.05) is 19.5 Å². The third-order valence-corrected chi connectivity index (χ3v) is 3.47. The molecule has 86 valence electrons. The number of methoxy groups -OCH3 is 1. The van der Waals surface area contributed by atoms with Gasteiger partial charge in [-0.05, 0) is 24.1 Å². The van der Waals surface area contributed by atoms with Crippen LogP contribution in [0, 0.1) is 5.92 Å². The van der Waals surface area contributed by atoms with Gasteiger partial charge in [-0.3, -0.25) is 0 Å². The Labute approximate surface area is 99.3 Å². The molecule has 3 nitrogen and oxygen atoms in total. The highest BCUT2D eigenvalue weighted by atomic mass is 32.1. The Morgan fingerprint density at radius 3 is 3.06 bits per heavy atom. The zero-order chi connectivity index (χ0) is 11.5. The molecule has 2 rings (SSSR count). The zero-order valence-corrected chi connectivity index (χ0v) is 10.4. The summed E-state index contributed by atoms with van der Waals surface area (Å²) in [6.07, 6.45) is 0.965. The third kappa shape index (κ3) is 2.51. The Morgan fingerprint density at radius 1 is 1.50 bits per heavy atom. The molecule has 0 saturated heterocycles. The summed E-state index contributed by atoms with van der Waals surface area (Å²) in [5.74, 6) is 0.503. The van der Waals surface area contributed by atoms with Crippen LogP contribution in [0.25, 0.3) is 10.2 Å². The second kappa shape index (κ2) is 4.80. The number of anilines is 1. The van der Waals surface area contributed by atoms with E-state index >= 15 is 0 Å². The molecular weight excluding hydrogens is 220 g/mol. The average Bonchev–Trinajstić information content (AvgIpc) is 2.59. The predicted molar refractivity (Wildman–Crippen MR) is 68.8 cm³/mol. The minimum absolute atomic E-state index is 0.503. The van der Waals surface area contributed by atoms with Gasteiger partial charge in [0.25, 0.3) is 0 Å². The van der Waals surface area contributed by atoms with Gasteiger partial charge in [0.15, 0.2) is 0 Å². The molecule has 0 amide bonds. The number of rotatable bonds is 4. The van der Waals surface area contributed by atoms with Crippen LogP contribution in [0.4, 0.5) is 5.69 Å². The molecule has 0 radical (unpaired) electrons. The first-order valence-corrected chi connectivity index (χ1v) is 6.14. The lowest BCUT2D eigenvalue weighted by molar-refractivity contribution is 0.159. The molecule has 1 aromatic heterocycles. The van der Waals surface area contributed by atoms with Crippen molar-refractivity contribution in [2.45, 2.75) is 13.3 Å². The molecule has 0 bridgehead atoms. The fourth-order valence-electron chi connectivity index (χ4n) is 1.72. The average molecular weight is 236 g/mol. The Kier molecular flexibility index (Phi) is 3.41. The summed E-state index contributed by atoms with van der Waals surface area (Å²) in [5.41, 5.74) is 7.58.